The second-order valence-electron chi connectivity index (χ2n) is 4.15. The number of halogens is 1. The van der Waals surface area contributed by atoms with Crippen molar-refractivity contribution in [2.75, 3.05) is 5.73 Å². The molecule has 1 aromatic heterocycles. The molecule has 0 radical (unpaired) electrons. The van der Waals surface area contributed by atoms with Crippen molar-refractivity contribution in [1.82, 2.24) is 9.78 Å². The topological polar surface area (TPSA) is 78.0 Å². The zero-order valence-electron chi connectivity index (χ0n) is 10.4. The minimum absolute atomic E-state index is 0.0983. The first-order valence-electron chi connectivity index (χ1n) is 5.71. The number of nitrogens with two attached hydrogens (primary N) is 1. The Morgan fingerprint density at radius 1 is 1.42 bits per heavy atom. The van der Waals surface area contributed by atoms with Gasteiger partial charge in [-0.3, -0.25) is 4.68 Å². The van der Waals surface area contributed by atoms with E-state index in [2.05, 4.69) is 5.10 Å². The summed E-state index contributed by atoms with van der Waals surface area (Å²) >= 11 is 5.76. The van der Waals surface area contributed by atoms with E-state index in [0.29, 0.717) is 17.1 Å². The number of nitrogens with zero attached hydrogens (tertiary/aromatic N) is 2. The fraction of sp³-hybridized carbons (Fsp3) is 0.250. The molecule has 19 heavy (non-hydrogen) atoms. The van der Waals surface area contributed by atoms with Crippen LogP contribution in [0.4, 0.5) is 5.69 Å². The summed E-state index contributed by atoms with van der Waals surface area (Å²) in [6, 6.07) is 4.38. The van der Waals surface area contributed by atoms with Gasteiger partial charge in [-0.05, 0) is 25.1 Å². The lowest BCUT2D eigenvalue weighted by Gasteiger charge is -2.06. The Hall–Kier alpha value is -1.53. The van der Waals surface area contributed by atoms with Crippen LogP contribution in [0.5, 0.6) is 0 Å². The lowest BCUT2D eigenvalue weighted by Crippen LogP contribution is -2.07. The third-order valence-electron chi connectivity index (χ3n) is 2.67. The Morgan fingerprint density at radius 2 is 2.16 bits per heavy atom. The third kappa shape index (κ3) is 3.08. The molecule has 1 heterocycles. The molecule has 7 heteroatoms. The van der Waals surface area contributed by atoms with Gasteiger partial charge in [0.1, 0.15) is 0 Å². The minimum Gasteiger partial charge on any atom is -0.398 e. The first kappa shape index (κ1) is 13.9. The highest BCUT2D eigenvalue weighted by atomic mass is 35.5. The Bertz CT molecular complexity index is 695. The van der Waals surface area contributed by atoms with Gasteiger partial charge >= 0.3 is 0 Å². The van der Waals surface area contributed by atoms with Crippen molar-refractivity contribution in [3.05, 3.63) is 41.2 Å². The maximum atomic E-state index is 12.3. The quantitative estimate of drug-likeness (QED) is 0.877. The fourth-order valence-electron chi connectivity index (χ4n) is 1.75. The van der Waals surface area contributed by atoms with E-state index in [0.717, 1.165) is 0 Å². The molecule has 1 aromatic carbocycles. The third-order valence-corrected chi connectivity index (χ3v) is 4.66. The maximum absolute atomic E-state index is 12.3. The van der Waals surface area contributed by atoms with Gasteiger partial charge in [-0.25, -0.2) is 8.42 Å². The van der Waals surface area contributed by atoms with Crippen LogP contribution in [0.1, 0.15) is 12.5 Å². The number of rotatable bonds is 4. The molecular weight excluding hydrogens is 286 g/mol. The van der Waals surface area contributed by atoms with Gasteiger partial charge in [-0.15, -0.1) is 0 Å². The molecule has 2 N–H and O–H groups in total. The van der Waals surface area contributed by atoms with E-state index in [4.69, 9.17) is 17.3 Å². The van der Waals surface area contributed by atoms with E-state index >= 15 is 0 Å². The molecule has 0 aliphatic carbocycles. The summed E-state index contributed by atoms with van der Waals surface area (Å²) in [6.07, 6.45) is 3.26. The molecule has 2 aromatic rings. The Balaban J connectivity index is 2.32. The van der Waals surface area contributed by atoms with Gasteiger partial charge in [-0.2, -0.15) is 5.10 Å². The molecule has 0 aliphatic heterocycles. The fourth-order valence-corrected chi connectivity index (χ4v) is 3.37. The Labute approximate surface area is 116 Å². The molecule has 102 valence electrons. The molecule has 0 aliphatic rings. The molecule has 0 unspecified atom stereocenters. The van der Waals surface area contributed by atoms with Crippen LogP contribution in [0.3, 0.4) is 0 Å². The predicted molar refractivity (Wildman–Crippen MR) is 74.7 cm³/mol. The van der Waals surface area contributed by atoms with Crippen molar-refractivity contribution in [3.8, 4) is 0 Å². The highest BCUT2D eigenvalue weighted by Crippen LogP contribution is 2.25. The molecule has 0 saturated carbocycles. The highest BCUT2D eigenvalue weighted by Gasteiger charge is 2.19. The van der Waals surface area contributed by atoms with Crippen LogP contribution >= 0.6 is 11.6 Å². The van der Waals surface area contributed by atoms with Gasteiger partial charge in [0, 0.05) is 23.3 Å². The van der Waals surface area contributed by atoms with Gasteiger partial charge in [-0.1, -0.05) is 11.6 Å². The van der Waals surface area contributed by atoms with Gasteiger partial charge in [0.25, 0.3) is 0 Å². The summed E-state index contributed by atoms with van der Waals surface area (Å²) in [5, 5.41) is 4.46. The number of hydrogen-bond acceptors (Lipinski definition) is 4. The molecule has 0 fully saturated rings. The van der Waals surface area contributed by atoms with Crippen LogP contribution in [-0.4, -0.2) is 18.2 Å². The summed E-state index contributed by atoms with van der Waals surface area (Å²) in [5.41, 5.74) is 6.51. The van der Waals surface area contributed by atoms with E-state index < -0.39 is 9.84 Å². The van der Waals surface area contributed by atoms with Crippen LogP contribution in [0.2, 0.25) is 5.02 Å². The zero-order valence-corrected chi connectivity index (χ0v) is 11.9. The van der Waals surface area contributed by atoms with Crippen molar-refractivity contribution < 1.29 is 8.42 Å². The van der Waals surface area contributed by atoms with Crippen molar-refractivity contribution in [3.63, 3.8) is 0 Å². The standard InChI is InChI=1S/C12H14ClN3O2S/c1-2-16-7-9(6-15-16)8-19(17,18)12-4-3-10(13)5-11(12)14/h3-7H,2,8,14H2,1H3. The number of anilines is 1. The lowest BCUT2D eigenvalue weighted by atomic mass is 10.3. The van der Waals surface area contributed by atoms with Crippen molar-refractivity contribution in [1.29, 1.82) is 0 Å². The number of aromatic nitrogens is 2. The van der Waals surface area contributed by atoms with Crippen molar-refractivity contribution in [2.45, 2.75) is 24.1 Å². The zero-order chi connectivity index (χ0) is 14.0. The first-order valence-corrected chi connectivity index (χ1v) is 7.74. The Morgan fingerprint density at radius 3 is 2.74 bits per heavy atom. The number of aryl methyl sites for hydroxylation is 1. The molecule has 0 atom stereocenters. The number of benzene rings is 1. The number of nitrogen functional groups attached to an aromatic ring is 1. The smallest absolute Gasteiger partial charge is 0.184 e. The summed E-state index contributed by atoms with van der Waals surface area (Å²) in [7, 11) is -3.49. The van der Waals surface area contributed by atoms with Crippen LogP contribution < -0.4 is 5.73 Å². The van der Waals surface area contributed by atoms with Crippen LogP contribution in [0, 0.1) is 0 Å². The molecule has 0 saturated heterocycles. The molecule has 0 amide bonds. The van der Waals surface area contributed by atoms with Gasteiger partial charge in [0.2, 0.25) is 0 Å². The highest BCUT2D eigenvalue weighted by molar-refractivity contribution is 7.90. The second-order valence-corrected chi connectivity index (χ2v) is 6.54. The summed E-state index contributed by atoms with van der Waals surface area (Å²) < 4.78 is 26.2. The second kappa shape index (κ2) is 5.22. The van der Waals surface area contributed by atoms with E-state index in [1.807, 2.05) is 6.92 Å². The van der Waals surface area contributed by atoms with E-state index in [1.54, 1.807) is 17.1 Å². The Kier molecular flexibility index (Phi) is 3.82. The van der Waals surface area contributed by atoms with Gasteiger partial charge in [0.05, 0.1) is 22.5 Å². The van der Waals surface area contributed by atoms with Crippen LogP contribution in [-0.2, 0) is 22.1 Å². The number of sulfone groups is 1. The average molecular weight is 300 g/mol. The summed E-state index contributed by atoms with van der Waals surface area (Å²) in [5.74, 6) is -0.126. The van der Waals surface area contributed by atoms with Crippen molar-refractivity contribution in [2.24, 2.45) is 0 Å². The molecule has 0 bridgehead atoms. The first-order chi connectivity index (χ1) is 8.92. The van der Waals surface area contributed by atoms with E-state index in [9.17, 15) is 8.42 Å². The summed E-state index contributed by atoms with van der Waals surface area (Å²) in [6.45, 7) is 2.63. The lowest BCUT2D eigenvalue weighted by molar-refractivity contribution is 0.595. The largest absolute Gasteiger partial charge is 0.398 e. The number of hydrogen-bond donors (Lipinski definition) is 1. The van der Waals surface area contributed by atoms with Gasteiger partial charge < -0.3 is 5.73 Å². The SMILES string of the molecule is CCn1cc(CS(=O)(=O)c2ccc(Cl)cc2N)cn1. The maximum Gasteiger partial charge on any atom is 0.184 e. The molecule has 5 nitrogen and oxygen atoms in total. The van der Waals surface area contributed by atoms with E-state index in [1.165, 1.54) is 18.2 Å². The minimum atomic E-state index is -3.49. The van der Waals surface area contributed by atoms with Crippen LogP contribution in [0.25, 0.3) is 0 Å². The van der Waals surface area contributed by atoms with Gasteiger partial charge in [0.15, 0.2) is 9.84 Å². The van der Waals surface area contributed by atoms with E-state index in [-0.39, 0.29) is 16.3 Å². The van der Waals surface area contributed by atoms with Crippen LogP contribution in [0.15, 0.2) is 35.5 Å². The molecule has 2 rings (SSSR count). The monoisotopic (exact) mass is 299 g/mol. The molecular formula is C12H14ClN3O2S. The molecule has 0 spiro atoms. The normalized spacial score (nSPS) is 11.7. The average Bonchev–Trinajstić information content (AvgIpc) is 2.75. The summed E-state index contributed by atoms with van der Waals surface area (Å²) in [4.78, 5) is 0.0983. The van der Waals surface area contributed by atoms with Crippen molar-refractivity contribution >= 4 is 27.1 Å². The predicted octanol–water partition coefficient (Wildman–Crippen LogP) is 2.11.